The molecule has 7 nitrogen and oxygen atoms in total. The number of hydrogen-bond donors (Lipinski definition) is 1. The largest absolute Gasteiger partial charge is 0.299 e. The van der Waals surface area contributed by atoms with Gasteiger partial charge in [-0.1, -0.05) is 15.9 Å². The Bertz CT molecular complexity index is 827. The van der Waals surface area contributed by atoms with Crippen molar-refractivity contribution >= 4 is 37.4 Å². The van der Waals surface area contributed by atoms with E-state index in [1.165, 1.54) is 10.7 Å². The van der Waals surface area contributed by atoms with Gasteiger partial charge >= 0.3 is 0 Å². The van der Waals surface area contributed by atoms with Crippen molar-refractivity contribution in [3.63, 3.8) is 0 Å². The molecule has 0 atom stereocenters. The third-order valence-electron chi connectivity index (χ3n) is 2.43. The SMILES string of the molecule is O=S(=O)(Nc1ccc(Br)cc1)c1nc2ncccn2n1. The normalized spacial score (nSPS) is 11.7. The second-order valence-electron chi connectivity index (χ2n) is 3.87. The first kappa shape index (κ1) is 13.0. The van der Waals surface area contributed by atoms with E-state index >= 15 is 0 Å². The van der Waals surface area contributed by atoms with Crippen LogP contribution in [-0.4, -0.2) is 28.0 Å². The molecule has 2 heterocycles. The van der Waals surface area contributed by atoms with Gasteiger partial charge < -0.3 is 0 Å². The quantitative estimate of drug-likeness (QED) is 0.773. The van der Waals surface area contributed by atoms with Crippen LogP contribution in [-0.2, 0) is 10.0 Å². The molecule has 0 aliphatic heterocycles. The van der Waals surface area contributed by atoms with Gasteiger partial charge in [-0.3, -0.25) is 4.72 Å². The van der Waals surface area contributed by atoms with Gasteiger partial charge in [-0.25, -0.2) is 9.50 Å². The van der Waals surface area contributed by atoms with Crippen molar-refractivity contribution in [3.8, 4) is 0 Å². The molecule has 0 amide bonds. The van der Waals surface area contributed by atoms with Crippen molar-refractivity contribution in [1.29, 1.82) is 0 Å². The Morgan fingerprint density at radius 3 is 2.65 bits per heavy atom. The Morgan fingerprint density at radius 1 is 1.20 bits per heavy atom. The summed E-state index contributed by atoms with van der Waals surface area (Å²) in [5.74, 6) is 0.226. The average Bonchev–Trinajstić information content (AvgIpc) is 2.86. The molecule has 0 spiro atoms. The predicted octanol–water partition coefficient (Wildman–Crippen LogP) is 1.69. The summed E-state index contributed by atoms with van der Waals surface area (Å²) in [6.07, 6.45) is 3.09. The highest BCUT2D eigenvalue weighted by atomic mass is 79.9. The van der Waals surface area contributed by atoms with E-state index in [1.54, 1.807) is 36.5 Å². The van der Waals surface area contributed by atoms with Gasteiger partial charge in [0.25, 0.3) is 21.0 Å². The van der Waals surface area contributed by atoms with Crippen molar-refractivity contribution < 1.29 is 8.42 Å². The van der Waals surface area contributed by atoms with Crippen LogP contribution >= 0.6 is 15.9 Å². The molecule has 0 aliphatic rings. The maximum atomic E-state index is 12.2. The van der Waals surface area contributed by atoms with Crippen molar-refractivity contribution in [1.82, 2.24) is 19.6 Å². The molecule has 0 unspecified atom stereocenters. The standard InChI is InChI=1S/C11H8BrN5O2S/c12-8-2-4-9(5-3-8)16-20(18,19)11-14-10-13-6-1-7-17(10)15-11/h1-7,16H. The molecule has 1 aromatic carbocycles. The highest BCUT2D eigenvalue weighted by Gasteiger charge is 2.20. The number of anilines is 1. The molecule has 20 heavy (non-hydrogen) atoms. The summed E-state index contributed by atoms with van der Waals surface area (Å²) in [4.78, 5) is 7.80. The average molecular weight is 354 g/mol. The summed E-state index contributed by atoms with van der Waals surface area (Å²) in [6.45, 7) is 0. The molecule has 3 rings (SSSR count). The van der Waals surface area contributed by atoms with Crippen LogP contribution in [0.5, 0.6) is 0 Å². The van der Waals surface area contributed by atoms with E-state index in [1.807, 2.05) is 0 Å². The summed E-state index contributed by atoms with van der Waals surface area (Å²) in [6, 6.07) is 8.37. The molecule has 2 aromatic heterocycles. The van der Waals surface area contributed by atoms with Crippen LogP contribution in [0.3, 0.4) is 0 Å². The van der Waals surface area contributed by atoms with Gasteiger partial charge in [0, 0.05) is 22.6 Å². The highest BCUT2D eigenvalue weighted by Crippen LogP contribution is 2.17. The van der Waals surface area contributed by atoms with Crippen LogP contribution in [0, 0.1) is 0 Å². The third kappa shape index (κ3) is 2.49. The number of sulfonamides is 1. The minimum absolute atomic E-state index is 0.226. The molecule has 0 saturated heterocycles. The molecule has 9 heteroatoms. The fourth-order valence-corrected chi connectivity index (χ4v) is 2.75. The molecule has 102 valence electrons. The molecular weight excluding hydrogens is 346 g/mol. The van der Waals surface area contributed by atoms with Crippen LogP contribution in [0.4, 0.5) is 5.69 Å². The van der Waals surface area contributed by atoms with E-state index in [9.17, 15) is 8.42 Å². The first-order valence-electron chi connectivity index (χ1n) is 5.50. The van der Waals surface area contributed by atoms with Gasteiger partial charge in [-0.2, -0.15) is 13.4 Å². The molecular formula is C11H8BrN5O2S. The van der Waals surface area contributed by atoms with Crippen molar-refractivity contribution in [2.24, 2.45) is 0 Å². The Balaban J connectivity index is 1.96. The molecule has 0 saturated carbocycles. The van der Waals surface area contributed by atoms with Crippen molar-refractivity contribution in [2.45, 2.75) is 5.16 Å². The lowest BCUT2D eigenvalue weighted by atomic mass is 10.3. The lowest BCUT2D eigenvalue weighted by Gasteiger charge is -2.04. The van der Waals surface area contributed by atoms with E-state index in [2.05, 4.69) is 35.7 Å². The number of nitrogens with one attached hydrogen (secondary N) is 1. The predicted molar refractivity (Wildman–Crippen MR) is 75.7 cm³/mol. The minimum Gasteiger partial charge on any atom is -0.277 e. The molecule has 0 fully saturated rings. The van der Waals surface area contributed by atoms with E-state index in [0.717, 1.165) is 4.47 Å². The summed E-state index contributed by atoms with van der Waals surface area (Å²) in [7, 11) is -3.84. The zero-order valence-electron chi connectivity index (χ0n) is 9.93. The molecule has 0 radical (unpaired) electrons. The monoisotopic (exact) mass is 353 g/mol. The fraction of sp³-hybridized carbons (Fsp3) is 0. The van der Waals surface area contributed by atoms with Crippen LogP contribution < -0.4 is 4.72 Å². The maximum Gasteiger partial charge on any atom is 0.299 e. The van der Waals surface area contributed by atoms with Crippen LogP contribution in [0.15, 0.2) is 52.4 Å². The van der Waals surface area contributed by atoms with E-state index < -0.39 is 10.0 Å². The number of benzene rings is 1. The maximum absolute atomic E-state index is 12.2. The van der Waals surface area contributed by atoms with E-state index in [4.69, 9.17) is 0 Å². The molecule has 0 aliphatic carbocycles. The van der Waals surface area contributed by atoms with Gasteiger partial charge in [0.1, 0.15) is 0 Å². The highest BCUT2D eigenvalue weighted by molar-refractivity contribution is 9.10. The fourth-order valence-electron chi connectivity index (χ4n) is 1.55. The number of nitrogens with zero attached hydrogens (tertiary/aromatic N) is 4. The van der Waals surface area contributed by atoms with Gasteiger partial charge in [-0.05, 0) is 30.3 Å². The van der Waals surface area contributed by atoms with Gasteiger partial charge in [0.05, 0.1) is 0 Å². The summed E-state index contributed by atoms with van der Waals surface area (Å²) >= 11 is 3.28. The zero-order valence-corrected chi connectivity index (χ0v) is 12.3. The number of halogens is 1. The van der Waals surface area contributed by atoms with Crippen LogP contribution in [0.2, 0.25) is 0 Å². The number of aromatic nitrogens is 4. The van der Waals surface area contributed by atoms with Crippen LogP contribution in [0.25, 0.3) is 5.78 Å². The first-order valence-corrected chi connectivity index (χ1v) is 7.78. The number of rotatable bonds is 3. The van der Waals surface area contributed by atoms with Gasteiger partial charge in [-0.15, -0.1) is 5.10 Å². The van der Waals surface area contributed by atoms with Gasteiger partial charge in [0.2, 0.25) is 0 Å². The lowest BCUT2D eigenvalue weighted by molar-refractivity contribution is 0.592. The lowest BCUT2D eigenvalue weighted by Crippen LogP contribution is -2.14. The second kappa shape index (κ2) is 4.84. The Labute approximate surface area is 122 Å². The van der Waals surface area contributed by atoms with E-state index in [-0.39, 0.29) is 10.9 Å². The van der Waals surface area contributed by atoms with E-state index in [0.29, 0.717) is 5.69 Å². The second-order valence-corrected chi connectivity index (χ2v) is 6.36. The summed E-state index contributed by atoms with van der Waals surface area (Å²) in [5, 5.41) is 3.56. The topological polar surface area (TPSA) is 89.2 Å². The Morgan fingerprint density at radius 2 is 1.95 bits per heavy atom. The molecule has 1 N–H and O–H groups in total. The molecule has 0 bridgehead atoms. The number of hydrogen-bond acceptors (Lipinski definition) is 5. The summed E-state index contributed by atoms with van der Waals surface area (Å²) < 4.78 is 28.9. The third-order valence-corrected chi connectivity index (χ3v) is 4.12. The smallest absolute Gasteiger partial charge is 0.277 e. The van der Waals surface area contributed by atoms with Gasteiger partial charge in [0.15, 0.2) is 0 Å². The minimum atomic E-state index is -3.84. The zero-order chi connectivity index (χ0) is 14.2. The number of fused-ring (bicyclic) bond motifs is 1. The Kier molecular flexibility index (Phi) is 3.14. The first-order chi connectivity index (χ1) is 9.54. The Hall–Kier alpha value is -2.00. The van der Waals surface area contributed by atoms with Crippen molar-refractivity contribution in [2.75, 3.05) is 4.72 Å². The summed E-state index contributed by atoms with van der Waals surface area (Å²) in [5.41, 5.74) is 0.431. The van der Waals surface area contributed by atoms with Crippen molar-refractivity contribution in [3.05, 3.63) is 47.2 Å². The van der Waals surface area contributed by atoms with Crippen LogP contribution in [0.1, 0.15) is 0 Å². The molecule has 3 aromatic rings.